The molecule has 1 aliphatic heterocycles. The molecule has 1 aromatic rings. The minimum Gasteiger partial charge on any atom is -0.313 e. The quantitative estimate of drug-likeness (QED) is 0.799. The fourth-order valence-electron chi connectivity index (χ4n) is 2.05. The molecule has 0 bridgehead atoms. The smallest absolute Gasteiger partial charge is 0.0724 e. The van der Waals surface area contributed by atoms with Crippen molar-refractivity contribution >= 4 is 5.57 Å². The van der Waals surface area contributed by atoms with Gasteiger partial charge in [0.05, 0.1) is 5.69 Å². The monoisotopic (exact) mass is 205 g/mol. The Kier molecular flexibility index (Phi) is 2.91. The lowest BCUT2D eigenvalue weighted by Gasteiger charge is -2.14. The molecule has 82 valence electrons. The maximum atomic E-state index is 4.54. The third-order valence-corrected chi connectivity index (χ3v) is 2.81. The molecule has 0 saturated carbocycles. The minimum atomic E-state index is 0.497. The zero-order valence-electron chi connectivity index (χ0n) is 9.75. The van der Waals surface area contributed by atoms with E-state index in [2.05, 4.69) is 36.5 Å². The summed E-state index contributed by atoms with van der Waals surface area (Å²) < 4.78 is 1.92. The van der Waals surface area contributed by atoms with E-state index in [1.54, 1.807) is 0 Å². The molecule has 1 N–H and O–H groups in total. The Morgan fingerprint density at radius 2 is 2.27 bits per heavy atom. The second-order valence-corrected chi connectivity index (χ2v) is 4.44. The molecule has 1 aromatic heterocycles. The van der Waals surface area contributed by atoms with E-state index in [9.17, 15) is 0 Å². The molecule has 3 heteroatoms. The molecule has 1 aliphatic rings. The van der Waals surface area contributed by atoms with Crippen LogP contribution in [0, 0.1) is 0 Å². The topological polar surface area (TPSA) is 29.9 Å². The highest BCUT2D eigenvalue weighted by Gasteiger charge is 2.15. The average Bonchev–Trinajstić information content (AvgIpc) is 2.62. The maximum Gasteiger partial charge on any atom is 0.0724 e. The third kappa shape index (κ3) is 2.12. The van der Waals surface area contributed by atoms with Gasteiger partial charge in [-0.3, -0.25) is 4.68 Å². The average molecular weight is 205 g/mol. The van der Waals surface area contributed by atoms with Crippen molar-refractivity contribution in [1.29, 1.82) is 0 Å². The highest BCUT2D eigenvalue weighted by Crippen LogP contribution is 2.27. The number of rotatable bonds is 2. The van der Waals surface area contributed by atoms with Crippen molar-refractivity contribution < 1.29 is 0 Å². The molecule has 0 unspecified atom stereocenters. The summed E-state index contributed by atoms with van der Waals surface area (Å²) in [4.78, 5) is 0. The summed E-state index contributed by atoms with van der Waals surface area (Å²) in [5.41, 5.74) is 4.02. The summed E-state index contributed by atoms with van der Waals surface area (Å²) in [6.07, 6.45) is 5.55. The van der Waals surface area contributed by atoms with Crippen molar-refractivity contribution in [1.82, 2.24) is 15.1 Å². The molecular formula is C12H19N3. The molecule has 0 fully saturated rings. The van der Waals surface area contributed by atoms with E-state index in [0.29, 0.717) is 5.92 Å². The van der Waals surface area contributed by atoms with Crippen LogP contribution in [0.5, 0.6) is 0 Å². The highest BCUT2D eigenvalue weighted by molar-refractivity contribution is 5.68. The molecular weight excluding hydrogens is 186 g/mol. The van der Waals surface area contributed by atoms with Crippen molar-refractivity contribution in [2.75, 3.05) is 13.1 Å². The van der Waals surface area contributed by atoms with Crippen LogP contribution in [0.2, 0.25) is 0 Å². The lowest BCUT2D eigenvalue weighted by molar-refractivity contribution is 0.711. The van der Waals surface area contributed by atoms with Crippen LogP contribution >= 0.6 is 0 Å². The zero-order chi connectivity index (χ0) is 10.8. The van der Waals surface area contributed by atoms with E-state index >= 15 is 0 Å². The van der Waals surface area contributed by atoms with Crippen LogP contribution in [0.1, 0.15) is 37.4 Å². The Hall–Kier alpha value is -1.09. The van der Waals surface area contributed by atoms with Gasteiger partial charge in [0.15, 0.2) is 0 Å². The molecule has 2 rings (SSSR count). The van der Waals surface area contributed by atoms with Crippen molar-refractivity contribution in [3.8, 4) is 0 Å². The Morgan fingerprint density at radius 1 is 1.47 bits per heavy atom. The van der Waals surface area contributed by atoms with Crippen LogP contribution in [0.15, 0.2) is 12.3 Å². The van der Waals surface area contributed by atoms with E-state index in [1.165, 1.54) is 16.8 Å². The van der Waals surface area contributed by atoms with E-state index in [1.807, 2.05) is 11.7 Å². The summed E-state index contributed by atoms with van der Waals surface area (Å²) in [7, 11) is 2.00. The summed E-state index contributed by atoms with van der Waals surface area (Å²) in [5, 5.41) is 7.88. The Bertz CT molecular complexity index is 374. The minimum absolute atomic E-state index is 0.497. The first-order chi connectivity index (χ1) is 7.18. The van der Waals surface area contributed by atoms with Gasteiger partial charge in [0.25, 0.3) is 0 Å². The molecule has 0 aromatic carbocycles. The largest absolute Gasteiger partial charge is 0.313 e. The molecule has 0 spiro atoms. The molecule has 0 aliphatic carbocycles. The van der Waals surface area contributed by atoms with Gasteiger partial charge in [0.1, 0.15) is 0 Å². The number of nitrogens with one attached hydrogen (secondary N) is 1. The van der Waals surface area contributed by atoms with Crippen LogP contribution in [0.25, 0.3) is 5.57 Å². The predicted octanol–water partition coefficient (Wildman–Crippen LogP) is 1.92. The number of hydrogen-bond acceptors (Lipinski definition) is 2. The first-order valence-corrected chi connectivity index (χ1v) is 5.62. The lowest BCUT2D eigenvalue weighted by Crippen LogP contribution is -2.20. The molecule has 0 radical (unpaired) electrons. The van der Waals surface area contributed by atoms with Crippen molar-refractivity contribution in [3.63, 3.8) is 0 Å². The first-order valence-electron chi connectivity index (χ1n) is 5.62. The Morgan fingerprint density at radius 3 is 2.87 bits per heavy atom. The second kappa shape index (κ2) is 4.19. The van der Waals surface area contributed by atoms with Crippen molar-refractivity contribution in [2.24, 2.45) is 7.05 Å². The number of nitrogens with zero attached hydrogens (tertiary/aromatic N) is 2. The van der Waals surface area contributed by atoms with Gasteiger partial charge < -0.3 is 5.32 Å². The Labute approximate surface area is 91.2 Å². The fourth-order valence-corrected chi connectivity index (χ4v) is 2.05. The molecule has 3 nitrogen and oxygen atoms in total. The van der Waals surface area contributed by atoms with E-state index < -0.39 is 0 Å². The summed E-state index contributed by atoms with van der Waals surface area (Å²) in [6.45, 7) is 6.47. The predicted molar refractivity (Wildman–Crippen MR) is 62.8 cm³/mol. The Balaban J connectivity index is 2.37. The van der Waals surface area contributed by atoms with Gasteiger partial charge >= 0.3 is 0 Å². The number of aromatic nitrogens is 2. The molecule has 0 saturated heterocycles. The fraction of sp³-hybridized carbons (Fsp3) is 0.583. The van der Waals surface area contributed by atoms with Gasteiger partial charge in [-0.2, -0.15) is 5.10 Å². The summed E-state index contributed by atoms with van der Waals surface area (Å²) >= 11 is 0. The van der Waals surface area contributed by atoms with Crippen LogP contribution in [-0.2, 0) is 7.05 Å². The van der Waals surface area contributed by atoms with Crippen molar-refractivity contribution in [2.45, 2.75) is 26.2 Å². The maximum absolute atomic E-state index is 4.54. The molecule has 0 atom stereocenters. The summed E-state index contributed by atoms with van der Waals surface area (Å²) in [6, 6.07) is 0. The van der Waals surface area contributed by atoms with Crippen LogP contribution in [0.3, 0.4) is 0 Å². The number of hydrogen-bond donors (Lipinski definition) is 1. The van der Waals surface area contributed by atoms with Gasteiger partial charge in [-0.05, 0) is 24.5 Å². The van der Waals surface area contributed by atoms with Crippen LogP contribution in [0.4, 0.5) is 0 Å². The standard InChI is InChI=1S/C12H19N3/c1-9(2)12-11(8-15(3)14-12)10-4-6-13-7-5-10/h4,8-9,13H,5-7H2,1-3H3. The van der Waals surface area contributed by atoms with Gasteiger partial charge in [-0.1, -0.05) is 19.9 Å². The second-order valence-electron chi connectivity index (χ2n) is 4.44. The SMILES string of the molecule is CC(C)c1nn(C)cc1C1=CCNCC1. The van der Waals surface area contributed by atoms with Gasteiger partial charge in [0.2, 0.25) is 0 Å². The third-order valence-electron chi connectivity index (χ3n) is 2.81. The normalized spacial score (nSPS) is 16.9. The van der Waals surface area contributed by atoms with Crippen LogP contribution < -0.4 is 5.32 Å². The van der Waals surface area contributed by atoms with Crippen molar-refractivity contribution in [3.05, 3.63) is 23.5 Å². The van der Waals surface area contributed by atoms with E-state index in [-0.39, 0.29) is 0 Å². The zero-order valence-corrected chi connectivity index (χ0v) is 9.75. The summed E-state index contributed by atoms with van der Waals surface area (Å²) in [5.74, 6) is 0.497. The van der Waals surface area contributed by atoms with E-state index in [0.717, 1.165) is 19.5 Å². The van der Waals surface area contributed by atoms with Gasteiger partial charge in [-0.15, -0.1) is 0 Å². The molecule has 0 amide bonds. The van der Waals surface area contributed by atoms with Gasteiger partial charge in [0, 0.05) is 25.4 Å². The lowest BCUT2D eigenvalue weighted by atomic mass is 9.96. The molecule has 2 heterocycles. The number of aryl methyl sites for hydroxylation is 1. The highest BCUT2D eigenvalue weighted by atomic mass is 15.3. The first kappa shape index (κ1) is 10.4. The van der Waals surface area contributed by atoms with E-state index in [4.69, 9.17) is 0 Å². The molecule has 15 heavy (non-hydrogen) atoms. The van der Waals surface area contributed by atoms with Crippen LogP contribution in [-0.4, -0.2) is 22.9 Å². The van der Waals surface area contributed by atoms with Gasteiger partial charge in [-0.25, -0.2) is 0 Å².